The van der Waals surface area contributed by atoms with Gasteiger partial charge in [0.25, 0.3) is 0 Å². The fourth-order valence-electron chi connectivity index (χ4n) is 2.51. The molecule has 2 aromatic rings. The molecule has 3 nitrogen and oxygen atoms in total. The summed E-state index contributed by atoms with van der Waals surface area (Å²) in [4.78, 5) is 11.2. The normalized spacial score (nSPS) is 18.1. The van der Waals surface area contributed by atoms with Gasteiger partial charge in [0.2, 0.25) is 5.91 Å². The van der Waals surface area contributed by atoms with Crippen LogP contribution in [-0.2, 0) is 4.79 Å². The quantitative estimate of drug-likeness (QED) is 0.882. The van der Waals surface area contributed by atoms with Gasteiger partial charge < -0.3 is 10.4 Å². The van der Waals surface area contributed by atoms with Crippen molar-refractivity contribution in [1.29, 1.82) is 0 Å². The van der Waals surface area contributed by atoms with Gasteiger partial charge >= 0.3 is 0 Å². The maximum atomic E-state index is 13.8. The van der Waals surface area contributed by atoms with Crippen molar-refractivity contribution in [2.24, 2.45) is 0 Å². The Hall–Kier alpha value is -2.36. The molecule has 0 bridgehead atoms. The Kier molecular flexibility index (Phi) is 3.14. The van der Waals surface area contributed by atoms with Gasteiger partial charge in [0.1, 0.15) is 11.6 Å². The molecule has 1 fully saturated rings. The molecule has 1 aliphatic rings. The highest BCUT2D eigenvalue weighted by atomic mass is 19.1. The molecule has 0 spiro atoms. The number of rotatable bonds is 2. The van der Waals surface area contributed by atoms with Crippen LogP contribution in [0.25, 0.3) is 11.1 Å². The summed E-state index contributed by atoms with van der Waals surface area (Å²) in [7, 11) is 0. The highest BCUT2D eigenvalue weighted by molar-refractivity contribution is 5.79. The number of halogens is 1. The smallest absolute Gasteiger partial charge is 0.220 e. The number of carbonyl (C=O) groups is 1. The summed E-state index contributed by atoms with van der Waals surface area (Å²) in [5.41, 5.74) is 2.28. The first kappa shape index (κ1) is 12.7. The molecule has 0 radical (unpaired) electrons. The minimum Gasteiger partial charge on any atom is -0.508 e. The molecular formula is C16H14FNO2. The third-order valence-electron chi connectivity index (χ3n) is 3.62. The highest BCUT2D eigenvalue weighted by Crippen LogP contribution is 2.29. The monoisotopic (exact) mass is 271 g/mol. The van der Waals surface area contributed by atoms with Crippen molar-refractivity contribution >= 4 is 5.91 Å². The lowest BCUT2D eigenvalue weighted by Gasteiger charge is -2.09. The number of amides is 1. The second kappa shape index (κ2) is 4.96. The zero-order valence-electron chi connectivity index (χ0n) is 10.8. The molecule has 1 aliphatic heterocycles. The molecule has 1 atom stereocenters. The summed E-state index contributed by atoms with van der Waals surface area (Å²) in [6, 6.07) is 11.6. The van der Waals surface area contributed by atoms with Crippen LogP contribution in [0.1, 0.15) is 17.9 Å². The predicted molar refractivity (Wildman–Crippen MR) is 73.9 cm³/mol. The first-order valence-electron chi connectivity index (χ1n) is 6.49. The third kappa shape index (κ3) is 2.37. The van der Waals surface area contributed by atoms with Gasteiger partial charge in [-0.05, 0) is 23.3 Å². The van der Waals surface area contributed by atoms with Crippen LogP contribution >= 0.6 is 0 Å². The molecule has 0 aliphatic carbocycles. The van der Waals surface area contributed by atoms with E-state index in [-0.39, 0.29) is 17.6 Å². The molecule has 20 heavy (non-hydrogen) atoms. The van der Waals surface area contributed by atoms with E-state index in [1.54, 1.807) is 6.07 Å². The second-order valence-corrected chi connectivity index (χ2v) is 4.99. The maximum absolute atomic E-state index is 13.8. The Labute approximate surface area is 116 Å². The number of carbonyl (C=O) groups excluding carboxylic acids is 1. The number of benzene rings is 2. The summed E-state index contributed by atoms with van der Waals surface area (Å²) in [5, 5.41) is 12.0. The molecule has 0 saturated carbocycles. The fraction of sp³-hybridized carbons (Fsp3) is 0.188. The van der Waals surface area contributed by atoms with Gasteiger partial charge in [-0.25, -0.2) is 4.39 Å². The molecule has 3 rings (SSSR count). The molecular weight excluding hydrogens is 257 g/mol. The van der Waals surface area contributed by atoms with Gasteiger partial charge in [-0.15, -0.1) is 0 Å². The van der Waals surface area contributed by atoms with Crippen LogP contribution in [0, 0.1) is 5.82 Å². The van der Waals surface area contributed by atoms with E-state index in [1.165, 1.54) is 6.07 Å². The average molecular weight is 271 g/mol. The highest BCUT2D eigenvalue weighted by Gasteiger charge is 2.22. The standard InChI is InChI=1S/C16H14FNO2/c17-15-8-13(19)5-6-14(15)11-3-1-10(2-4-11)12-7-16(20)18-9-12/h1-6,8,12,19H,7,9H2,(H,18,20). The maximum Gasteiger partial charge on any atom is 0.220 e. The van der Waals surface area contributed by atoms with E-state index in [2.05, 4.69) is 5.32 Å². The third-order valence-corrected chi connectivity index (χ3v) is 3.62. The van der Waals surface area contributed by atoms with Crippen molar-refractivity contribution in [2.45, 2.75) is 12.3 Å². The molecule has 0 aromatic heterocycles. The number of nitrogens with one attached hydrogen (secondary N) is 1. The van der Waals surface area contributed by atoms with E-state index in [0.29, 0.717) is 18.5 Å². The van der Waals surface area contributed by atoms with Crippen molar-refractivity contribution in [3.63, 3.8) is 0 Å². The Balaban J connectivity index is 1.87. The summed E-state index contributed by atoms with van der Waals surface area (Å²) in [5.74, 6) is -0.265. The number of hydrogen-bond acceptors (Lipinski definition) is 2. The van der Waals surface area contributed by atoms with Gasteiger partial charge in [0.15, 0.2) is 0 Å². The Morgan fingerprint density at radius 1 is 1.15 bits per heavy atom. The Bertz CT molecular complexity index is 652. The van der Waals surface area contributed by atoms with Gasteiger partial charge in [-0.3, -0.25) is 4.79 Å². The van der Waals surface area contributed by atoms with Crippen molar-refractivity contribution in [2.75, 3.05) is 6.54 Å². The topological polar surface area (TPSA) is 49.3 Å². The zero-order chi connectivity index (χ0) is 14.1. The van der Waals surface area contributed by atoms with Crippen LogP contribution in [0.3, 0.4) is 0 Å². The number of aromatic hydroxyl groups is 1. The van der Waals surface area contributed by atoms with Crippen LogP contribution in [0.15, 0.2) is 42.5 Å². The van der Waals surface area contributed by atoms with E-state index in [4.69, 9.17) is 0 Å². The van der Waals surface area contributed by atoms with Crippen LogP contribution in [0.4, 0.5) is 4.39 Å². The summed E-state index contributed by atoms with van der Waals surface area (Å²) < 4.78 is 13.8. The van der Waals surface area contributed by atoms with Crippen LogP contribution < -0.4 is 5.32 Å². The number of phenolic OH excluding ortho intramolecular Hbond substituents is 1. The summed E-state index contributed by atoms with van der Waals surface area (Å²) >= 11 is 0. The minimum absolute atomic E-state index is 0.0728. The lowest BCUT2D eigenvalue weighted by Crippen LogP contribution is -2.13. The van der Waals surface area contributed by atoms with Crippen molar-refractivity contribution in [1.82, 2.24) is 5.32 Å². The van der Waals surface area contributed by atoms with Gasteiger partial charge in [0, 0.05) is 30.5 Å². The first-order valence-corrected chi connectivity index (χ1v) is 6.49. The van der Waals surface area contributed by atoms with Crippen molar-refractivity contribution in [3.8, 4) is 16.9 Å². The van der Waals surface area contributed by atoms with E-state index in [0.717, 1.165) is 17.2 Å². The second-order valence-electron chi connectivity index (χ2n) is 4.99. The van der Waals surface area contributed by atoms with Crippen molar-refractivity contribution in [3.05, 3.63) is 53.8 Å². The molecule has 1 saturated heterocycles. The largest absolute Gasteiger partial charge is 0.508 e. The fourth-order valence-corrected chi connectivity index (χ4v) is 2.51. The molecule has 1 amide bonds. The minimum atomic E-state index is -0.449. The zero-order valence-corrected chi connectivity index (χ0v) is 10.8. The van der Waals surface area contributed by atoms with Crippen LogP contribution in [0.5, 0.6) is 5.75 Å². The van der Waals surface area contributed by atoms with E-state index in [1.807, 2.05) is 24.3 Å². The first-order chi connectivity index (χ1) is 9.63. The van der Waals surface area contributed by atoms with Crippen LogP contribution in [-0.4, -0.2) is 17.6 Å². The predicted octanol–water partition coefficient (Wildman–Crippen LogP) is 2.80. The van der Waals surface area contributed by atoms with E-state index in [9.17, 15) is 14.3 Å². The lowest BCUT2D eigenvalue weighted by atomic mass is 9.95. The molecule has 2 N–H and O–H groups in total. The summed E-state index contributed by atoms with van der Waals surface area (Å²) in [6.07, 6.45) is 0.507. The van der Waals surface area contributed by atoms with Crippen molar-refractivity contribution < 1.29 is 14.3 Å². The molecule has 102 valence electrons. The van der Waals surface area contributed by atoms with E-state index < -0.39 is 5.82 Å². The van der Waals surface area contributed by atoms with Gasteiger partial charge in [0.05, 0.1) is 0 Å². The Morgan fingerprint density at radius 3 is 2.50 bits per heavy atom. The molecule has 1 unspecified atom stereocenters. The van der Waals surface area contributed by atoms with E-state index >= 15 is 0 Å². The van der Waals surface area contributed by atoms with Gasteiger partial charge in [-0.2, -0.15) is 0 Å². The lowest BCUT2D eigenvalue weighted by molar-refractivity contribution is -0.119. The SMILES string of the molecule is O=C1CC(c2ccc(-c3ccc(O)cc3F)cc2)CN1. The van der Waals surface area contributed by atoms with Crippen LogP contribution in [0.2, 0.25) is 0 Å². The number of hydrogen-bond donors (Lipinski definition) is 2. The molecule has 2 aromatic carbocycles. The van der Waals surface area contributed by atoms with Gasteiger partial charge in [-0.1, -0.05) is 24.3 Å². The average Bonchev–Trinajstić information content (AvgIpc) is 2.86. The Morgan fingerprint density at radius 2 is 1.90 bits per heavy atom. The molecule has 1 heterocycles. The summed E-state index contributed by atoms with van der Waals surface area (Å²) in [6.45, 7) is 0.658. The molecule has 4 heteroatoms. The number of phenols is 1.